The molecule has 26 heavy (non-hydrogen) atoms. The first-order valence-electron chi connectivity index (χ1n) is 7.88. The Bertz CT molecular complexity index is 882. The number of halogens is 3. The molecule has 1 aliphatic rings. The predicted molar refractivity (Wildman–Crippen MR) is 88.3 cm³/mol. The Hall–Kier alpha value is -2.84. The minimum absolute atomic E-state index is 0.117. The topological polar surface area (TPSA) is 78.1 Å². The van der Waals surface area contributed by atoms with E-state index < -0.39 is 17.8 Å². The van der Waals surface area contributed by atoms with Gasteiger partial charge in [-0.2, -0.15) is 18.3 Å². The van der Waals surface area contributed by atoms with Crippen LogP contribution in [0.2, 0.25) is 0 Å². The Labute approximate surface area is 147 Å². The summed E-state index contributed by atoms with van der Waals surface area (Å²) in [5, 5.41) is 8.14. The summed E-state index contributed by atoms with van der Waals surface area (Å²) in [6.07, 6.45) is -3.35. The summed E-state index contributed by atoms with van der Waals surface area (Å²) in [5.41, 5.74) is -0.998. The Morgan fingerprint density at radius 2 is 2.12 bits per heavy atom. The van der Waals surface area contributed by atoms with E-state index in [2.05, 4.69) is 17.0 Å². The van der Waals surface area contributed by atoms with E-state index in [1.165, 1.54) is 24.3 Å². The first kappa shape index (κ1) is 18.0. The molecule has 0 atom stereocenters. The molecule has 3 rings (SSSR count). The van der Waals surface area contributed by atoms with Crippen LogP contribution >= 0.6 is 0 Å². The average Bonchev–Trinajstić information content (AvgIpc) is 2.99. The van der Waals surface area contributed by atoms with Gasteiger partial charge in [0.1, 0.15) is 5.69 Å². The number of likely N-dealkylation sites (tertiary alicyclic amines) is 1. The quantitative estimate of drug-likeness (QED) is 0.816. The first-order valence-corrected chi connectivity index (χ1v) is 7.88. The summed E-state index contributed by atoms with van der Waals surface area (Å²) >= 11 is 0. The molecular weight excluding hydrogens is 349 g/mol. The van der Waals surface area contributed by atoms with Crippen molar-refractivity contribution in [1.29, 1.82) is 0 Å². The zero-order chi connectivity index (χ0) is 19.1. The molecule has 1 aromatic carbocycles. The van der Waals surface area contributed by atoms with Gasteiger partial charge in [-0.25, -0.2) is 0 Å². The van der Waals surface area contributed by atoms with E-state index in [0.717, 1.165) is 0 Å². The van der Waals surface area contributed by atoms with E-state index in [-0.39, 0.29) is 27.8 Å². The molecular formula is C17H17F3N4O2. The van der Waals surface area contributed by atoms with Crippen LogP contribution in [0.3, 0.4) is 0 Å². The molecule has 1 saturated heterocycles. The number of carbonyl (C=O) groups excluding carboxylic acids is 2. The lowest BCUT2D eigenvalue weighted by Crippen LogP contribution is -2.60. The molecule has 1 fully saturated rings. The van der Waals surface area contributed by atoms with Crippen LogP contribution in [0.25, 0.3) is 10.9 Å². The van der Waals surface area contributed by atoms with Gasteiger partial charge in [0.15, 0.2) is 0 Å². The van der Waals surface area contributed by atoms with Crippen molar-refractivity contribution in [2.75, 3.05) is 19.6 Å². The van der Waals surface area contributed by atoms with Gasteiger partial charge in [0.2, 0.25) is 5.91 Å². The van der Waals surface area contributed by atoms with E-state index in [4.69, 9.17) is 0 Å². The van der Waals surface area contributed by atoms with E-state index in [1.54, 1.807) is 4.90 Å². The highest BCUT2D eigenvalue weighted by Crippen LogP contribution is 2.33. The number of aromatic nitrogens is 2. The molecule has 0 unspecified atom stereocenters. The van der Waals surface area contributed by atoms with Gasteiger partial charge >= 0.3 is 6.18 Å². The third kappa shape index (κ3) is 3.29. The Balaban J connectivity index is 1.69. The highest BCUT2D eigenvalue weighted by molar-refractivity contribution is 5.98. The van der Waals surface area contributed by atoms with Crippen molar-refractivity contribution in [3.63, 3.8) is 0 Å². The molecule has 138 valence electrons. The third-order valence-electron chi connectivity index (χ3n) is 4.41. The SMILES string of the molecule is C=CC(=O)N1CC(C)(CNC(=O)c2ccc3n[nH]c(C(F)(F)F)c3c2)C1. The van der Waals surface area contributed by atoms with Crippen molar-refractivity contribution in [3.8, 4) is 0 Å². The maximum atomic E-state index is 13.0. The predicted octanol–water partition coefficient (Wildman–Crippen LogP) is 2.35. The van der Waals surface area contributed by atoms with Crippen LogP contribution in [-0.2, 0) is 11.0 Å². The number of rotatable bonds is 4. The fourth-order valence-corrected chi connectivity index (χ4v) is 3.04. The Kier molecular flexibility index (Phi) is 4.25. The largest absolute Gasteiger partial charge is 0.433 e. The molecule has 6 nitrogen and oxygen atoms in total. The molecule has 1 aliphatic heterocycles. The summed E-state index contributed by atoms with van der Waals surface area (Å²) in [6.45, 7) is 6.61. The molecule has 0 saturated carbocycles. The van der Waals surface area contributed by atoms with Crippen molar-refractivity contribution in [1.82, 2.24) is 20.4 Å². The zero-order valence-electron chi connectivity index (χ0n) is 14.0. The van der Waals surface area contributed by atoms with Gasteiger partial charge in [0.25, 0.3) is 5.91 Å². The number of alkyl halides is 3. The molecule has 9 heteroatoms. The van der Waals surface area contributed by atoms with Gasteiger partial charge < -0.3 is 10.2 Å². The number of fused-ring (bicyclic) bond motifs is 1. The second-order valence-corrected chi connectivity index (χ2v) is 6.72. The van der Waals surface area contributed by atoms with Crippen molar-refractivity contribution in [3.05, 3.63) is 42.1 Å². The lowest BCUT2D eigenvalue weighted by atomic mass is 9.81. The lowest BCUT2D eigenvalue weighted by molar-refractivity contribution is -0.140. The van der Waals surface area contributed by atoms with E-state index in [9.17, 15) is 22.8 Å². The van der Waals surface area contributed by atoms with E-state index >= 15 is 0 Å². The van der Waals surface area contributed by atoms with Gasteiger partial charge in [0, 0.05) is 36.0 Å². The number of hydrogen-bond donors (Lipinski definition) is 2. The number of amides is 2. The van der Waals surface area contributed by atoms with Gasteiger partial charge in [-0.1, -0.05) is 13.5 Å². The summed E-state index contributed by atoms with van der Waals surface area (Å²) in [6, 6.07) is 3.97. The van der Waals surface area contributed by atoms with Gasteiger partial charge in [0.05, 0.1) is 5.52 Å². The lowest BCUT2D eigenvalue weighted by Gasteiger charge is -2.47. The smallest absolute Gasteiger partial charge is 0.351 e. The molecule has 0 spiro atoms. The van der Waals surface area contributed by atoms with Crippen LogP contribution in [0.4, 0.5) is 13.2 Å². The van der Waals surface area contributed by atoms with E-state index in [1.807, 2.05) is 12.0 Å². The first-order chi connectivity index (χ1) is 12.1. The minimum atomic E-state index is -4.58. The number of H-pyrrole nitrogens is 1. The molecule has 0 radical (unpaired) electrons. The van der Waals surface area contributed by atoms with Crippen molar-refractivity contribution in [2.24, 2.45) is 5.41 Å². The van der Waals surface area contributed by atoms with Gasteiger partial charge in [-0.3, -0.25) is 14.7 Å². The standard InChI is InChI=1S/C17H17F3N4O2/c1-3-13(25)24-8-16(2,9-24)7-21-15(26)10-4-5-12-11(6-10)14(23-22-12)17(18,19)20/h3-6H,1,7-9H2,2H3,(H,21,26)(H,22,23). The highest BCUT2D eigenvalue weighted by atomic mass is 19.4. The Morgan fingerprint density at radius 1 is 1.42 bits per heavy atom. The molecule has 0 aliphatic carbocycles. The number of nitrogens with zero attached hydrogens (tertiary/aromatic N) is 2. The van der Waals surface area contributed by atoms with Crippen molar-refractivity contribution >= 4 is 22.7 Å². The van der Waals surface area contributed by atoms with Crippen LogP contribution in [0, 0.1) is 5.41 Å². The molecule has 0 bridgehead atoms. The number of hydrogen-bond acceptors (Lipinski definition) is 3. The second-order valence-electron chi connectivity index (χ2n) is 6.72. The van der Waals surface area contributed by atoms with Crippen LogP contribution in [0.5, 0.6) is 0 Å². The minimum Gasteiger partial charge on any atom is -0.351 e. The number of carbonyl (C=O) groups is 2. The van der Waals surface area contributed by atoms with Crippen molar-refractivity contribution in [2.45, 2.75) is 13.1 Å². The van der Waals surface area contributed by atoms with E-state index in [0.29, 0.717) is 19.6 Å². The molecule has 2 aromatic rings. The monoisotopic (exact) mass is 366 g/mol. The maximum absolute atomic E-state index is 13.0. The normalized spacial score (nSPS) is 16.2. The van der Waals surface area contributed by atoms with Gasteiger partial charge in [-0.05, 0) is 24.3 Å². The number of nitrogens with one attached hydrogen (secondary N) is 2. The van der Waals surface area contributed by atoms with Crippen LogP contribution in [0.1, 0.15) is 23.0 Å². The van der Waals surface area contributed by atoms with Crippen molar-refractivity contribution < 1.29 is 22.8 Å². The number of aromatic amines is 1. The molecule has 2 amide bonds. The fraction of sp³-hybridized carbons (Fsp3) is 0.353. The third-order valence-corrected chi connectivity index (χ3v) is 4.41. The summed E-state index contributed by atoms with van der Waals surface area (Å²) in [7, 11) is 0. The second kappa shape index (κ2) is 6.15. The summed E-state index contributed by atoms with van der Waals surface area (Å²) in [4.78, 5) is 25.4. The Morgan fingerprint density at radius 3 is 2.73 bits per heavy atom. The fourth-order valence-electron chi connectivity index (χ4n) is 3.04. The van der Waals surface area contributed by atoms with Crippen LogP contribution in [-0.4, -0.2) is 46.5 Å². The number of benzene rings is 1. The zero-order valence-corrected chi connectivity index (χ0v) is 14.0. The summed E-state index contributed by atoms with van der Waals surface area (Å²) in [5.74, 6) is -0.644. The van der Waals surface area contributed by atoms with Crippen LogP contribution in [0.15, 0.2) is 30.9 Å². The maximum Gasteiger partial charge on any atom is 0.433 e. The van der Waals surface area contributed by atoms with Gasteiger partial charge in [-0.15, -0.1) is 0 Å². The van der Waals surface area contributed by atoms with Crippen LogP contribution < -0.4 is 5.32 Å². The average molecular weight is 366 g/mol. The molecule has 2 N–H and O–H groups in total. The highest BCUT2D eigenvalue weighted by Gasteiger charge is 2.40. The molecule has 2 heterocycles. The summed E-state index contributed by atoms with van der Waals surface area (Å²) < 4.78 is 38.9. The molecule has 1 aromatic heterocycles.